The molecular formula is C27H27Cl3FN5O3. The molecule has 0 bridgehead atoms. The van der Waals surface area contributed by atoms with Crippen LogP contribution in [0.25, 0.3) is 11.0 Å². The monoisotopic (exact) mass is 593 g/mol. The van der Waals surface area contributed by atoms with Crippen molar-refractivity contribution in [2.75, 3.05) is 29.1 Å². The highest BCUT2D eigenvalue weighted by molar-refractivity contribution is 6.34. The summed E-state index contributed by atoms with van der Waals surface area (Å²) in [5.41, 5.74) is 1.64. The third-order valence-electron chi connectivity index (χ3n) is 5.96. The van der Waals surface area contributed by atoms with E-state index in [1.165, 1.54) is 18.2 Å². The molecule has 0 spiro atoms. The molecule has 0 unspecified atom stereocenters. The molecule has 206 valence electrons. The highest BCUT2D eigenvalue weighted by Gasteiger charge is 2.22. The van der Waals surface area contributed by atoms with Gasteiger partial charge in [-0.3, -0.25) is 9.59 Å². The minimum Gasteiger partial charge on any atom is -0.396 e. The van der Waals surface area contributed by atoms with Gasteiger partial charge in [0.15, 0.2) is 0 Å². The zero-order valence-electron chi connectivity index (χ0n) is 21.3. The Kier molecular flexibility index (Phi) is 9.45. The fourth-order valence-electron chi connectivity index (χ4n) is 3.67. The minimum atomic E-state index is -0.773. The lowest BCUT2D eigenvalue weighted by Gasteiger charge is -2.21. The van der Waals surface area contributed by atoms with Crippen molar-refractivity contribution in [3.63, 3.8) is 0 Å². The molecule has 39 heavy (non-hydrogen) atoms. The van der Waals surface area contributed by atoms with Gasteiger partial charge in [0.05, 0.1) is 21.7 Å². The normalized spacial score (nSPS) is 11.2. The number of carbonyl (C=O) groups excluding carboxylic acids is 2. The highest BCUT2D eigenvalue weighted by atomic mass is 35.5. The first-order chi connectivity index (χ1) is 18.0. The number of amides is 2. The summed E-state index contributed by atoms with van der Waals surface area (Å²) in [5.74, 6) is -1.67. The number of aliphatic hydroxyl groups is 1. The largest absolute Gasteiger partial charge is 0.396 e. The average molecular weight is 595 g/mol. The molecular weight excluding hydrogens is 568 g/mol. The summed E-state index contributed by atoms with van der Waals surface area (Å²) in [5, 5.41) is 18.6. The number of fused-ring (bicyclic) bond motifs is 1. The van der Waals surface area contributed by atoms with Crippen LogP contribution in [-0.2, 0) is 0 Å². The van der Waals surface area contributed by atoms with Crippen molar-refractivity contribution in [3.8, 4) is 0 Å². The molecule has 0 aliphatic carbocycles. The molecule has 5 N–H and O–H groups in total. The zero-order valence-corrected chi connectivity index (χ0v) is 23.6. The van der Waals surface area contributed by atoms with Gasteiger partial charge in [0.1, 0.15) is 11.3 Å². The zero-order chi connectivity index (χ0) is 27.6. The second-order valence-corrected chi connectivity index (χ2v) is 10.4. The van der Waals surface area contributed by atoms with Crippen LogP contribution in [0.2, 0.25) is 10.0 Å². The first-order valence-electron chi connectivity index (χ1n) is 11.7. The van der Waals surface area contributed by atoms with E-state index in [1.54, 1.807) is 31.2 Å². The molecule has 0 radical (unpaired) electrons. The Balaban J connectivity index is 0.00000420. The molecule has 4 rings (SSSR count). The molecule has 0 saturated heterocycles. The van der Waals surface area contributed by atoms with Gasteiger partial charge in [-0.25, -0.2) is 9.37 Å². The maximum absolute atomic E-state index is 14.3. The maximum Gasteiger partial charge on any atom is 0.260 e. The quantitative estimate of drug-likeness (QED) is 0.156. The van der Waals surface area contributed by atoms with Crippen molar-refractivity contribution in [2.45, 2.75) is 20.8 Å². The van der Waals surface area contributed by atoms with Gasteiger partial charge < -0.3 is 26.0 Å². The Labute approximate surface area is 240 Å². The number of halogens is 4. The summed E-state index contributed by atoms with van der Waals surface area (Å²) in [6.45, 7) is 5.91. The van der Waals surface area contributed by atoms with Gasteiger partial charge in [-0.1, -0.05) is 49.2 Å². The number of imidazole rings is 1. The molecule has 2 amide bonds. The summed E-state index contributed by atoms with van der Waals surface area (Å²) in [6.07, 6.45) is 0. The first-order valence-corrected chi connectivity index (χ1v) is 12.4. The van der Waals surface area contributed by atoms with Gasteiger partial charge in [-0.2, -0.15) is 0 Å². The van der Waals surface area contributed by atoms with Crippen molar-refractivity contribution < 1.29 is 19.1 Å². The number of nitrogens with one attached hydrogen (secondary N) is 4. The van der Waals surface area contributed by atoms with Crippen LogP contribution in [0.3, 0.4) is 0 Å². The number of carbonyl (C=O) groups is 2. The van der Waals surface area contributed by atoms with Gasteiger partial charge in [0, 0.05) is 35.0 Å². The van der Waals surface area contributed by atoms with E-state index in [2.05, 4.69) is 25.9 Å². The number of anilines is 3. The van der Waals surface area contributed by atoms with Gasteiger partial charge in [0.25, 0.3) is 11.8 Å². The Morgan fingerprint density at radius 2 is 1.74 bits per heavy atom. The minimum absolute atomic E-state index is 0. The van der Waals surface area contributed by atoms with E-state index in [4.69, 9.17) is 23.2 Å². The average Bonchev–Trinajstić information content (AvgIpc) is 3.28. The summed E-state index contributed by atoms with van der Waals surface area (Å²) < 4.78 is 14.3. The van der Waals surface area contributed by atoms with Crippen molar-refractivity contribution in [2.24, 2.45) is 5.41 Å². The fourth-order valence-corrected chi connectivity index (χ4v) is 4.09. The SMILES string of the molecule is Cc1c(Cl)cccc1NC(=O)c1cc(NC(=O)c2c(F)cccc2Cl)cc2[nH]c(NCC(C)(C)CO)nc12.Cl. The molecule has 0 aliphatic heterocycles. The van der Waals surface area contributed by atoms with Crippen LogP contribution < -0.4 is 16.0 Å². The topological polar surface area (TPSA) is 119 Å². The second kappa shape index (κ2) is 12.2. The number of hydrogen-bond acceptors (Lipinski definition) is 5. The van der Waals surface area contributed by atoms with Gasteiger partial charge in [-0.05, 0) is 48.9 Å². The fraction of sp³-hybridized carbons (Fsp3) is 0.222. The van der Waals surface area contributed by atoms with Crippen LogP contribution >= 0.6 is 35.6 Å². The number of benzene rings is 3. The van der Waals surface area contributed by atoms with Gasteiger partial charge in [0.2, 0.25) is 5.95 Å². The van der Waals surface area contributed by atoms with Crippen LogP contribution in [0.4, 0.5) is 21.7 Å². The lowest BCUT2D eigenvalue weighted by atomic mass is 9.95. The molecule has 12 heteroatoms. The standard InChI is InChI=1S/C27H26Cl2FN5O3.ClH/c1-14-17(28)6-5-9-20(14)33-24(37)16-10-15(32-25(38)22-18(29)7-4-8-19(22)30)11-21-23(16)35-26(34-21)31-12-27(2,3)13-36;/h4-11,36H,12-13H2,1-3H3,(H,32,38)(H,33,37)(H2,31,34,35);1H. The highest BCUT2D eigenvalue weighted by Crippen LogP contribution is 2.29. The van der Waals surface area contributed by atoms with Crippen molar-refractivity contribution >= 4 is 75.8 Å². The van der Waals surface area contributed by atoms with Gasteiger partial charge in [-0.15, -0.1) is 12.4 Å². The van der Waals surface area contributed by atoms with Crippen LogP contribution in [-0.4, -0.2) is 40.0 Å². The molecule has 4 aromatic rings. The molecule has 0 fully saturated rings. The summed E-state index contributed by atoms with van der Waals surface area (Å²) in [4.78, 5) is 33.9. The summed E-state index contributed by atoms with van der Waals surface area (Å²) >= 11 is 12.3. The Morgan fingerprint density at radius 1 is 1.05 bits per heavy atom. The van der Waals surface area contributed by atoms with E-state index in [9.17, 15) is 19.1 Å². The predicted molar refractivity (Wildman–Crippen MR) is 156 cm³/mol. The Morgan fingerprint density at radius 3 is 2.44 bits per heavy atom. The number of hydrogen-bond donors (Lipinski definition) is 5. The Hall–Kier alpha value is -3.37. The maximum atomic E-state index is 14.3. The molecule has 8 nitrogen and oxygen atoms in total. The Bertz CT molecular complexity index is 1520. The molecule has 1 heterocycles. The molecule has 1 aromatic heterocycles. The van der Waals surface area contributed by atoms with Crippen LogP contribution in [0.15, 0.2) is 48.5 Å². The second-order valence-electron chi connectivity index (χ2n) is 9.60. The van der Waals surface area contributed by atoms with Crippen molar-refractivity contribution in [1.29, 1.82) is 0 Å². The number of aromatic nitrogens is 2. The number of aromatic amines is 1. The van der Waals surface area contributed by atoms with E-state index in [0.29, 0.717) is 39.8 Å². The number of nitrogens with zero attached hydrogens (tertiary/aromatic N) is 1. The van der Waals surface area contributed by atoms with Crippen molar-refractivity contribution in [1.82, 2.24) is 9.97 Å². The van der Waals surface area contributed by atoms with Crippen molar-refractivity contribution in [3.05, 3.63) is 81.1 Å². The smallest absolute Gasteiger partial charge is 0.260 e. The van der Waals surface area contributed by atoms with E-state index in [1.807, 2.05) is 13.8 Å². The molecule has 0 aliphatic rings. The lowest BCUT2D eigenvalue weighted by Crippen LogP contribution is -2.27. The molecule has 0 saturated carbocycles. The van der Waals surface area contributed by atoms with E-state index < -0.39 is 23.0 Å². The van der Waals surface area contributed by atoms with E-state index in [-0.39, 0.29) is 40.9 Å². The van der Waals surface area contributed by atoms with Crippen LogP contribution in [0, 0.1) is 18.2 Å². The molecule has 3 aromatic carbocycles. The summed E-state index contributed by atoms with van der Waals surface area (Å²) in [6, 6.07) is 12.1. The number of H-pyrrole nitrogens is 1. The third-order valence-corrected chi connectivity index (χ3v) is 6.68. The van der Waals surface area contributed by atoms with Crippen LogP contribution in [0.5, 0.6) is 0 Å². The number of rotatable bonds is 8. The van der Waals surface area contributed by atoms with Crippen LogP contribution in [0.1, 0.15) is 40.1 Å². The van der Waals surface area contributed by atoms with E-state index in [0.717, 1.165) is 6.07 Å². The molecule has 0 atom stereocenters. The number of aliphatic hydroxyl groups excluding tert-OH is 1. The predicted octanol–water partition coefficient (Wildman–Crippen LogP) is 6.67. The lowest BCUT2D eigenvalue weighted by molar-refractivity contribution is 0.101. The third kappa shape index (κ3) is 6.80. The van der Waals surface area contributed by atoms with E-state index >= 15 is 0 Å². The summed E-state index contributed by atoms with van der Waals surface area (Å²) in [7, 11) is 0. The first kappa shape index (κ1) is 30.2. The van der Waals surface area contributed by atoms with Gasteiger partial charge >= 0.3 is 0 Å².